The number of allylic oxidation sites excluding steroid dienone is 1. The Morgan fingerprint density at radius 1 is 1.58 bits per heavy atom. The molecule has 0 saturated carbocycles. The van der Waals surface area contributed by atoms with Gasteiger partial charge in [0, 0.05) is 6.08 Å². The summed E-state index contributed by atoms with van der Waals surface area (Å²) in [7, 11) is -1.21. The minimum atomic E-state index is -1.21. The van der Waals surface area contributed by atoms with E-state index in [1.54, 1.807) is 20.5 Å². The van der Waals surface area contributed by atoms with Gasteiger partial charge in [0.15, 0.2) is 6.16 Å². The van der Waals surface area contributed by atoms with E-state index in [9.17, 15) is 9.36 Å². The first-order chi connectivity index (χ1) is 5.56. The highest BCUT2D eigenvalue weighted by Crippen LogP contribution is 2.17. The van der Waals surface area contributed by atoms with E-state index in [0.717, 1.165) is 5.57 Å². The minimum absolute atomic E-state index is 0.355. The van der Waals surface area contributed by atoms with Crippen LogP contribution < -0.4 is 0 Å². The molecular weight excluding hydrogens is 175 g/mol. The summed E-state index contributed by atoms with van der Waals surface area (Å²) in [5.74, 6) is -0.355. The number of carbonyl (C=O) groups excluding carboxylic acids is 1. The molecule has 0 bridgehead atoms. The van der Waals surface area contributed by atoms with Crippen LogP contribution in [0.1, 0.15) is 13.8 Å². The van der Waals surface area contributed by atoms with Gasteiger partial charge in [-0.15, -0.1) is 0 Å². The molecule has 0 saturated heterocycles. The molecule has 0 N–H and O–H groups in total. The van der Waals surface area contributed by atoms with Crippen LogP contribution in [0.4, 0.5) is 0 Å². The molecule has 0 aromatic carbocycles. The van der Waals surface area contributed by atoms with E-state index in [4.69, 9.17) is 0 Å². The molecule has 0 aliphatic heterocycles. The van der Waals surface area contributed by atoms with Crippen molar-refractivity contribution in [3.05, 3.63) is 11.6 Å². The van der Waals surface area contributed by atoms with Gasteiger partial charge in [-0.05, 0) is 19.4 Å². The molecule has 0 heterocycles. The van der Waals surface area contributed by atoms with Gasteiger partial charge in [-0.2, -0.15) is 0 Å². The maximum absolute atomic E-state index is 10.8. The standard InChI is InChI=1S/C8H14O3P/c1-4-11-8(9)5-7(2)6-12(3)10/h5H,4,6H2,1-3H3/q+1/b7-5+. The number of carbonyl (C=O) groups is 1. The Kier molecular flexibility index (Phi) is 5.56. The summed E-state index contributed by atoms with van der Waals surface area (Å²) >= 11 is 0. The Morgan fingerprint density at radius 2 is 2.17 bits per heavy atom. The molecule has 0 fully saturated rings. The fraction of sp³-hybridized carbons (Fsp3) is 0.625. The number of esters is 1. The Balaban J connectivity index is 3.97. The van der Waals surface area contributed by atoms with Gasteiger partial charge in [-0.25, -0.2) is 4.79 Å². The summed E-state index contributed by atoms with van der Waals surface area (Å²) in [5.41, 5.74) is 0.803. The van der Waals surface area contributed by atoms with Crippen molar-refractivity contribution in [3.63, 3.8) is 0 Å². The molecule has 0 spiro atoms. The van der Waals surface area contributed by atoms with Crippen LogP contribution in [0, 0.1) is 0 Å². The van der Waals surface area contributed by atoms with Crippen molar-refractivity contribution >= 4 is 13.8 Å². The average Bonchev–Trinajstić information content (AvgIpc) is 1.84. The first kappa shape index (κ1) is 11.3. The van der Waals surface area contributed by atoms with Gasteiger partial charge in [0.2, 0.25) is 0 Å². The second-order valence-corrected chi connectivity index (χ2v) is 4.10. The van der Waals surface area contributed by atoms with E-state index in [2.05, 4.69) is 4.74 Å². The maximum Gasteiger partial charge on any atom is 0.339 e. The molecule has 4 heteroatoms. The second-order valence-electron chi connectivity index (χ2n) is 2.53. The Hall–Kier alpha value is -0.690. The Labute approximate surface area is 73.6 Å². The highest BCUT2D eigenvalue weighted by atomic mass is 31.1. The average molecular weight is 189 g/mol. The van der Waals surface area contributed by atoms with Gasteiger partial charge in [-0.1, -0.05) is 4.57 Å². The largest absolute Gasteiger partial charge is 0.463 e. The van der Waals surface area contributed by atoms with Crippen LogP contribution in [0.2, 0.25) is 0 Å². The lowest BCUT2D eigenvalue weighted by Crippen LogP contribution is -2.00. The first-order valence-corrected chi connectivity index (χ1v) is 5.67. The van der Waals surface area contributed by atoms with E-state index in [-0.39, 0.29) is 5.97 Å². The molecule has 1 atom stereocenters. The molecule has 0 rings (SSSR count). The van der Waals surface area contributed by atoms with Crippen molar-refractivity contribution in [2.75, 3.05) is 19.4 Å². The monoisotopic (exact) mass is 189 g/mol. The fourth-order valence-corrected chi connectivity index (χ4v) is 1.58. The zero-order chi connectivity index (χ0) is 9.56. The molecular formula is C8H14O3P+. The number of hydrogen-bond donors (Lipinski definition) is 0. The van der Waals surface area contributed by atoms with E-state index in [1.165, 1.54) is 6.08 Å². The predicted octanol–water partition coefficient (Wildman–Crippen LogP) is 1.95. The molecule has 0 aliphatic carbocycles. The molecule has 0 aromatic rings. The van der Waals surface area contributed by atoms with E-state index < -0.39 is 7.80 Å². The first-order valence-electron chi connectivity index (χ1n) is 3.78. The van der Waals surface area contributed by atoms with Gasteiger partial charge in [-0.3, -0.25) is 0 Å². The van der Waals surface area contributed by atoms with Crippen LogP contribution in [0.3, 0.4) is 0 Å². The third-order valence-corrected chi connectivity index (χ3v) is 2.07. The van der Waals surface area contributed by atoms with E-state index in [1.807, 2.05) is 0 Å². The van der Waals surface area contributed by atoms with Crippen molar-refractivity contribution in [2.45, 2.75) is 13.8 Å². The SMILES string of the molecule is CCOC(=O)/C=C(\C)C[P+](C)=O. The van der Waals surface area contributed by atoms with Gasteiger partial charge >= 0.3 is 13.8 Å². The van der Waals surface area contributed by atoms with Crippen LogP contribution >= 0.6 is 7.80 Å². The number of hydrogen-bond acceptors (Lipinski definition) is 3. The summed E-state index contributed by atoms with van der Waals surface area (Å²) in [6.45, 7) is 5.54. The molecule has 0 radical (unpaired) electrons. The predicted molar refractivity (Wildman–Crippen MR) is 48.8 cm³/mol. The molecule has 12 heavy (non-hydrogen) atoms. The lowest BCUT2D eigenvalue weighted by Gasteiger charge is -1.95. The van der Waals surface area contributed by atoms with Crippen molar-refractivity contribution in [3.8, 4) is 0 Å². The fourth-order valence-electron chi connectivity index (χ4n) is 0.782. The van der Waals surface area contributed by atoms with Crippen molar-refractivity contribution in [1.82, 2.24) is 0 Å². The second kappa shape index (κ2) is 5.90. The zero-order valence-corrected chi connectivity index (χ0v) is 8.56. The summed E-state index contributed by atoms with van der Waals surface area (Å²) in [6.07, 6.45) is 1.86. The van der Waals surface area contributed by atoms with Gasteiger partial charge in [0.25, 0.3) is 0 Å². The molecule has 0 aliphatic rings. The highest BCUT2D eigenvalue weighted by molar-refractivity contribution is 7.44. The lowest BCUT2D eigenvalue weighted by atomic mass is 10.3. The number of ether oxygens (including phenoxy) is 1. The zero-order valence-electron chi connectivity index (χ0n) is 7.66. The third kappa shape index (κ3) is 6.05. The van der Waals surface area contributed by atoms with Crippen LogP contribution in [-0.4, -0.2) is 25.4 Å². The summed E-state index contributed by atoms with van der Waals surface area (Å²) < 4.78 is 15.4. The Morgan fingerprint density at radius 3 is 2.58 bits per heavy atom. The molecule has 1 unspecified atom stereocenters. The third-order valence-electron chi connectivity index (χ3n) is 1.12. The summed E-state index contributed by atoms with van der Waals surface area (Å²) in [6, 6.07) is 0. The van der Waals surface area contributed by atoms with Gasteiger partial charge in [0.1, 0.15) is 6.66 Å². The van der Waals surface area contributed by atoms with Crippen LogP contribution in [0.15, 0.2) is 11.6 Å². The van der Waals surface area contributed by atoms with Crippen molar-refractivity contribution in [1.29, 1.82) is 0 Å². The van der Waals surface area contributed by atoms with Crippen LogP contribution in [0.25, 0.3) is 0 Å². The molecule has 0 amide bonds. The molecule has 3 nitrogen and oxygen atoms in total. The summed E-state index contributed by atoms with van der Waals surface area (Å²) in [4.78, 5) is 10.8. The Bertz CT molecular complexity index is 208. The van der Waals surface area contributed by atoms with Gasteiger partial charge in [0.05, 0.1) is 6.61 Å². The normalized spacial score (nSPS) is 12.6. The highest BCUT2D eigenvalue weighted by Gasteiger charge is 2.08. The quantitative estimate of drug-likeness (QED) is 0.385. The maximum atomic E-state index is 10.8. The van der Waals surface area contributed by atoms with Crippen LogP contribution in [0.5, 0.6) is 0 Å². The minimum Gasteiger partial charge on any atom is -0.463 e. The van der Waals surface area contributed by atoms with E-state index in [0.29, 0.717) is 12.8 Å². The molecule has 68 valence electrons. The van der Waals surface area contributed by atoms with Crippen molar-refractivity contribution < 1.29 is 14.1 Å². The van der Waals surface area contributed by atoms with Gasteiger partial charge < -0.3 is 4.74 Å². The number of rotatable bonds is 4. The molecule has 0 aromatic heterocycles. The van der Waals surface area contributed by atoms with Crippen LogP contribution in [-0.2, 0) is 14.1 Å². The summed E-state index contributed by atoms with van der Waals surface area (Å²) in [5, 5.41) is 0. The smallest absolute Gasteiger partial charge is 0.339 e. The van der Waals surface area contributed by atoms with E-state index >= 15 is 0 Å². The topological polar surface area (TPSA) is 43.4 Å². The van der Waals surface area contributed by atoms with Crippen molar-refractivity contribution in [2.24, 2.45) is 0 Å². The lowest BCUT2D eigenvalue weighted by molar-refractivity contribution is -0.137.